The minimum Gasteiger partial charge on any atom is -0.385 e. The van der Waals surface area contributed by atoms with Crippen LogP contribution in [0.2, 0.25) is 0 Å². The van der Waals surface area contributed by atoms with Crippen LogP contribution in [-0.2, 0) is 19.3 Å². The van der Waals surface area contributed by atoms with Gasteiger partial charge in [0.1, 0.15) is 0 Å². The minimum absolute atomic E-state index is 0.0446. The molecule has 0 spiro atoms. The highest BCUT2D eigenvalue weighted by Crippen LogP contribution is 2.52. The molecule has 3 aliphatic rings. The van der Waals surface area contributed by atoms with Crippen LogP contribution in [-0.4, -0.2) is 32.1 Å². The second-order valence-electron chi connectivity index (χ2n) is 24.8. The van der Waals surface area contributed by atoms with E-state index in [0.29, 0.717) is 0 Å². The Hall–Kier alpha value is -2.46. The number of hydrogen-bond donors (Lipinski definition) is 3. The Kier molecular flexibility index (Phi) is 12.4. The average molecular weight is 781 g/mol. The fraction of sp³-hybridized carbons (Fsp3) is 0.667. The zero-order valence-electron chi connectivity index (χ0n) is 40.4. The van der Waals surface area contributed by atoms with E-state index in [1.54, 1.807) is 0 Å². The third-order valence-electron chi connectivity index (χ3n) is 14.5. The molecular weight excluding hydrogens is 697 g/mol. The molecule has 4 rings (SSSR count). The lowest BCUT2D eigenvalue weighted by Crippen LogP contribution is -2.52. The summed E-state index contributed by atoms with van der Waals surface area (Å²) in [6.45, 7) is 46.4. The summed E-state index contributed by atoms with van der Waals surface area (Å²) in [4.78, 5) is 0. The molecule has 318 valence electrons. The molecule has 0 amide bonds. The van der Waals surface area contributed by atoms with Crippen molar-refractivity contribution < 1.29 is 15.3 Å². The predicted molar refractivity (Wildman–Crippen MR) is 245 cm³/mol. The summed E-state index contributed by atoms with van der Waals surface area (Å²) < 4.78 is 0. The molecule has 6 atom stereocenters. The molecule has 0 radical (unpaired) electrons. The number of allylic oxidation sites excluding steroid dienone is 6. The van der Waals surface area contributed by atoms with Crippen LogP contribution < -0.4 is 0 Å². The van der Waals surface area contributed by atoms with Crippen LogP contribution in [0.1, 0.15) is 158 Å². The first-order valence-corrected chi connectivity index (χ1v) is 21.9. The number of benzene rings is 1. The molecular formula is C54H84O3. The Morgan fingerprint density at radius 1 is 0.386 bits per heavy atom. The number of rotatable bonds is 6. The highest BCUT2D eigenvalue weighted by molar-refractivity contribution is 5.56. The van der Waals surface area contributed by atoms with Gasteiger partial charge in [-0.3, -0.25) is 0 Å². The largest absolute Gasteiger partial charge is 0.385 e. The van der Waals surface area contributed by atoms with Gasteiger partial charge >= 0.3 is 0 Å². The lowest BCUT2D eigenvalue weighted by atomic mass is 9.58. The molecule has 57 heavy (non-hydrogen) atoms. The first-order chi connectivity index (χ1) is 25.4. The normalized spacial score (nSPS) is 29.1. The smallest absolute Gasteiger partial charge is 0.0946 e. The van der Waals surface area contributed by atoms with Crippen LogP contribution >= 0.6 is 0 Å². The number of hydrogen-bond acceptors (Lipinski definition) is 3. The molecule has 0 saturated carbocycles. The standard InChI is InChI=1S/C54H84O3/c1-34-40(28-37-22-25-52(55,49(13,14)15)43(31-37)46(4,5)6)35(2)42(30-39-24-27-54(57,51(19,20)21)45(33-39)48(10,11)12)36(3)41(34)29-38-23-26-53(56,50(16,17)18)44(32-38)47(7,8)9/h22-27,31-33,43-45,55-57H,28-30H2,1-21H3. The Morgan fingerprint density at radius 2 is 0.579 bits per heavy atom. The fourth-order valence-electron chi connectivity index (χ4n) is 10.2. The predicted octanol–water partition coefficient (Wildman–Crippen LogP) is 13.0. The van der Waals surface area contributed by atoms with E-state index in [-0.39, 0.29) is 50.2 Å². The van der Waals surface area contributed by atoms with Crippen molar-refractivity contribution >= 4 is 0 Å². The summed E-state index contributed by atoms with van der Waals surface area (Å²) in [5, 5.41) is 36.7. The van der Waals surface area contributed by atoms with Gasteiger partial charge in [0.2, 0.25) is 0 Å². The van der Waals surface area contributed by atoms with Crippen LogP contribution in [0.4, 0.5) is 0 Å². The third-order valence-corrected chi connectivity index (χ3v) is 14.5. The molecule has 0 saturated heterocycles. The second kappa shape index (κ2) is 14.9. The van der Waals surface area contributed by atoms with Crippen molar-refractivity contribution in [1.82, 2.24) is 0 Å². The summed E-state index contributed by atoms with van der Waals surface area (Å²) >= 11 is 0. The average Bonchev–Trinajstić information content (AvgIpc) is 3.02. The minimum atomic E-state index is -0.959. The van der Waals surface area contributed by atoms with Gasteiger partial charge in [-0.05, 0) is 123 Å². The van der Waals surface area contributed by atoms with Crippen molar-refractivity contribution in [3.05, 3.63) is 105 Å². The zero-order valence-corrected chi connectivity index (χ0v) is 40.4. The van der Waals surface area contributed by atoms with Gasteiger partial charge in [-0.1, -0.05) is 179 Å². The van der Waals surface area contributed by atoms with E-state index < -0.39 is 16.8 Å². The SMILES string of the molecule is Cc1c(CC2=CC(C(C)(C)C)C(O)(C(C)(C)C)C=C2)c(C)c(CC2=CC(C(C)(C)C)C(O)(C(C)(C)C)C=C2)c(C)c1CC1=CC(C(C)(C)C)C(O)(C(C)(C)C)C=C1. The van der Waals surface area contributed by atoms with Crippen LogP contribution in [0.15, 0.2) is 71.4 Å². The van der Waals surface area contributed by atoms with Gasteiger partial charge in [-0.25, -0.2) is 0 Å². The topological polar surface area (TPSA) is 60.7 Å². The zero-order chi connectivity index (χ0) is 43.9. The van der Waals surface area contributed by atoms with Gasteiger partial charge in [0.05, 0.1) is 16.8 Å². The summed E-state index contributed by atoms with van der Waals surface area (Å²) in [6.07, 6.45) is 22.3. The van der Waals surface area contributed by atoms with Crippen LogP contribution in [0.3, 0.4) is 0 Å². The van der Waals surface area contributed by atoms with E-state index >= 15 is 0 Å². The fourth-order valence-corrected chi connectivity index (χ4v) is 10.2. The van der Waals surface area contributed by atoms with Gasteiger partial charge in [0.15, 0.2) is 0 Å². The van der Waals surface area contributed by atoms with E-state index in [1.807, 2.05) is 0 Å². The first kappa shape index (κ1) is 47.2. The first-order valence-electron chi connectivity index (χ1n) is 21.9. The van der Waals surface area contributed by atoms with Gasteiger partial charge in [0, 0.05) is 17.8 Å². The van der Waals surface area contributed by atoms with Crippen molar-refractivity contribution in [3.63, 3.8) is 0 Å². The Bertz CT molecular complexity index is 1640. The van der Waals surface area contributed by atoms with E-state index in [9.17, 15) is 15.3 Å². The maximum atomic E-state index is 12.2. The molecule has 3 N–H and O–H groups in total. The summed E-state index contributed by atoms with van der Waals surface area (Å²) in [5.74, 6) is -0.134. The van der Waals surface area contributed by atoms with Gasteiger partial charge in [-0.15, -0.1) is 0 Å². The van der Waals surface area contributed by atoms with Crippen molar-refractivity contribution in [2.24, 2.45) is 50.2 Å². The highest BCUT2D eigenvalue weighted by atomic mass is 16.3. The molecule has 3 aliphatic carbocycles. The molecule has 6 unspecified atom stereocenters. The Morgan fingerprint density at radius 3 is 0.737 bits per heavy atom. The quantitative estimate of drug-likeness (QED) is 0.269. The van der Waals surface area contributed by atoms with E-state index in [2.05, 4.69) is 200 Å². The van der Waals surface area contributed by atoms with Gasteiger partial charge in [0.25, 0.3) is 0 Å². The van der Waals surface area contributed by atoms with Crippen LogP contribution in [0.25, 0.3) is 0 Å². The monoisotopic (exact) mass is 781 g/mol. The van der Waals surface area contributed by atoms with Crippen molar-refractivity contribution in [2.75, 3.05) is 0 Å². The molecule has 3 heteroatoms. The van der Waals surface area contributed by atoms with Gasteiger partial charge in [-0.2, -0.15) is 0 Å². The maximum Gasteiger partial charge on any atom is 0.0946 e. The summed E-state index contributed by atoms with van der Waals surface area (Å²) in [6, 6.07) is 0. The Labute approximate surface area is 350 Å². The summed E-state index contributed by atoms with van der Waals surface area (Å²) in [7, 11) is 0. The van der Waals surface area contributed by atoms with Crippen LogP contribution in [0.5, 0.6) is 0 Å². The molecule has 0 aromatic heterocycles. The van der Waals surface area contributed by atoms with E-state index in [4.69, 9.17) is 0 Å². The molecule has 1 aromatic carbocycles. The maximum absolute atomic E-state index is 12.2. The third kappa shape index (κ3) is 8.88. The lowest BCUT2D eigenvalue weighted by molar-refractivity contribution is -0.0806. The highest BCUT2D eigenvalue weighted by Gasteiger charge is 2.52. The Balaban J connectivity index is 1.94. The van der Waals surface area contributed by atoms with Crippen molar-refractivity contribution in [3.8, 4) is 0 Å². The van der Waals surface area contributed by atoms with Crippen LogP contribution in [0, 0.1) is 71.0 Å². The molecule has 0 fully saturated rings. The lowest BCUT2D eigenvalue weighted by Gasteiger charge is -2.50. The molecule has 1 aromatic rings. The van der Waals surface area contributed by atoms with E-state index in [1.165, 1.54) is 50.1 Å². The molecule has 3 nitrogen and oxygen atoms in total. The van der Waals surface area contributed by atoms with Gasteiger partial charge < -0.3 is 15.3 Å². The molecule has 0 bridgehead atoms. The van der Waals surface area contributed by atoms with Crippen molar-refractivity contribution in [2.45, 2.75) is 181 Å². The number of aliphatic hydroxyl groups is 3. The van der Waals surface area contributed by atoms with Crippen molar-refractivity contribution in [1.29, 1.82) is 0 Å². The van der Waals surface area contributed by atoms with E-state index in [0.717, 1.165) is 19.3 Å². The second-order valence-corrected chi connectivity index (χ2v) is 24.8. The molecule has 0 heterocycles. The molecule has 0 aliphatic heterocycles. The summed E-state index contributed by atoms with van der Waals surface area (Å²) in [5.41, 5.74) is 7.53.